The van der Waals surface area contributed by atoms with Gasteiger partial charge >= 0.3 is 0 Å². The third kappa shape index (κ3) is 6.37. The van der Waals surface area contributed by atoms with E-state index in [1.807, 2.05) is 53.2 Å². The fraction of sp³-hybridized carbons (Fsp3) is 0.409. The van der Waals surface area contributed by atoms with Crippen molar-refractivity contribution in [3.05, 3.63) is 53.0 Å². The second kappa shape index (κ2) is 10.5. The molecule has 2 aromatic rings. The number of carbonyl (C=O) groups excluding carboxylic acids is 1. The number of amides is 1. The van der Waals surface area contributed by atoms with Crippen LogP contribution in [0.2, 0.25) is 0 Å². The van der Waals surface area contributed by atoms with Crippen LogP contribution in [-0.2, 0) is 4.79 Å². The van der Waals surface area contributed by atoms with Crippen molar-refractivity contribution in [1.82, 2.24) is 9.80 Å². The molecule has 0 unspecified atom stereocenters. The quantitative estimate of drug-likeness (QED) is 0.604. The molecular formula is C22H28BrN3O3. The maximum atomic E-state index is 12.6. The van der Waals surface area contributed by atoms with Crippen LogP contribution in [-0.4, -0.2) is 75.7 Å². The molecule has 156 valence electrons. The summed E-state index contributed by atoms with van der Waals surface area (Å²) in [6.07, 6.45) is 0. The molecule has 0 radical (unpaired) electrons. The SMILES string of the molecule is COc1ccc(N2CCN(C(=O)CN(C)CCOc3ccc(Br)cc3)CC2)cc1. The summed E-state index contributed by atoms with van der Waals surface area (Å²) in [6, 6.07) is 15.8. The minimum absolute atomic E-state index is 0.172. The number of nitrogens with zero attached hydrogens (tertiary/aromatic N) is 3. The van der Waals surface area contributed by atoms with Crippen molar-refractivity contribution in [2.24, 2.45) is 0 Å². The summed E-state index contributed by atoms with van der Waals surface area (Å²) < 4.78 is 12.0. The molecule has 1 aliphatic rings. The Morgan fingerprint density at radius 1 is 1.00 bits per heavy atom. The molecule has 29 heavy (non-hydrogen) atoms. The molecule has 1 amide bonds. The summed E-state index contributed by atoms with van der Waals surface area (Å²) in [5.41, 5.74) is 1.17. The van der Waals surface area contributed by atoms with E-state index in [1.54, 1.807) is 7.11 Å². The van der Waals surface area contributed by atoms with Crippen molar-refractivity contribution in [3.8, 4) is 11.5 Å². The minimum Gasteiger partial charge on any atom is -0.497 e. The number of likely N-dealkylation sites (N-methyl/N-ethyl adjacent to an activating group) is 1. The van der Waals surface area contributed by atoms with E-state index in [4.69, 9.17) is 9.47 Å². The second-order valence-corrected chi connectivity index (χ2v) is 8.02. The Hall–Kier alpha value is -2.25. The van der Waals surface area contributed by atoms with Crippen LogP contribution in [0.1, 0.15) is 0 Å². The number of anilines is 1. The number of halogens is 1. The van der Waals surface area contributed by atoms with E-state index in [0.29, 0.717) is 19.7 Å². The highest BCUT2D eigenvalue weighted by molar-refractivity contribution is 9.10. The van der Waals surface area contributed by atoms with Crippen molar-refractivity contribution in [1.29, 1.82) is 0 Å². The lowest BCUT2D eigenvalue weighted by Gasteiger charge is -2.36. The van der Waals surface area contributed by atoms with Crippen molar-refractivity contribution >= 4 is 27.5 Å². The number of methoxy groups -OCH3 is 1. The topological polar surface area (TPSA) is 45.2 Å². The molecule has 7 heteroatoms. The van der Waals surface area contributed by atoms with Gasteiger partial charge in [-0.3, -0.25) is 9.69 Å². The van der Waals surface area contributed by atoms with Gasteiger partial charge < -0.3 is 19.3 Å². The lowest BCUT2D eigenvalue weighted by Crippen LogP contribution is -2.51. The first-order valence-corrected chi connectivity index (χ1v) is 10.6. The maximum Gasteiger partial charge on any atom is 0.236 e. The van der Waals surface area contributed by atoms with Crippen LogP contribution in [0.5, 0.6) is 11.5 Å². The van der Waals surface area contributed by atoms with E-state index >= 15 is 0 Å². The molecule has 0 atom stereocenters. The maximum absolute atomic E-state index is 12.6. The van der Waals surface area contributed by atoms with Crippen LogP contribution in [0.4, 0.5) is 5.69 Å². The lowest BCUT2D eigenvalue weighted by atomic mass is 10.2. The van der Waals surface area contributed by atoms with Gasteiger partial charge in [-0.1, -0.05) is 15.9 Å². The molecule has 0 aliphatic carbocycles. The zero-order chi connectivity index (χ0) is 20.6. The first-order chi connectivity index (χ1) is 14.0. The van der Waals surface area contributed by atoms with Crippen LogP contribution < -0.4 is 14.4 Å². The Kier molecular flexibility index (Phi) is 7.77. The Bertz CT molecular complexity index is 775. The highest BCUT2D eigenvalue weighted by atomic mass is 79.9. The van der Waals surface area contributed by atoms with Gasteiger partial charge in [0.15, 0.2) is 0 Å². The lowest BCUT2D eigenvalue weighted by molar-refractivity contribution is -0.132. The summed E-state index contributed by atoms with van der Waals surface area (Å²) in [5.74, 6) is 1.86. The molecule has 0 bridgehead atoms. The summed E-state index contributed by atoms with van der Waals surface area (Å²) in [7, 11) is 3.62. The largest absolute Gasteiger partial charge is 0.497 e. The second-order valence-electron chi connectivity index (χ2n) is 7.11. The molecule has 1 aliphatic heterocycles. The average molecular weight is 462 g/mol. The molecular weight excluding hydrogens is 434 g/mol. The predicted octanol–water partition coefficient (Wildman–Crippen LogP) is 3.12. The molecule has 0 N–H and O–H groups in total. The molecule has 0 aromatic heterocycles. The first kappa shape index (κ1) is 21.5. The van der Waals surface area contributed by atoms with E-state index < -0.39 is 0 Å². The van der Waals surface area contributed by atoms with Gasteiger partial charge in [-0.2, -0.15) is 0 Å². The van der Waals surface area contributed by atoms with Crippen molar-refractivity contribution in [2.75, 3.05) is 64.9 Å². The number of hydrogen-bond acceptors (Lipinski definition) is 5. The number of rotatable bonds is 8. The summed E-state index contributed by atoms with van der Waals surface area (Å²) in [4.78, 5) is 18.9. The Morgan fingerprint density at radius 3 is 2.24 bits per heavy atom. The normalized spacial score (nSPS) is 14.2. The van der Waals surface area contributed by atoms with Crippen molar-refractivity contribution in [3.63, 3.8) is 0 Å². The van der Waals surface area contributed by atoms with Crippen LogP contribution in [0.3, 0.4) is 0 Å². The molecule has 6 nitrogen and oxygen atoms in total. The number of ether oxygens (including phenoxy) is 2. The van der Waals surface area contributed by atoms with Crippen molar-refractivity contribution < 1.29 is 14.3 Å². The van der Waals surface area contributed by atoms with Gasteiger partial charge in [0.2, 0.25) is 5.91 Å². The summed E-state index contributed by atoms with van der Waals surface area (Å²) >= 11 is 3.41. The number of piperazine rings is 1. The number of hydrogen-bond donors (Lipinski definition) is 0. The van der Waals surface area contributed by atoms with Gasteiger partial charge in [0, 0.05) is 42.9 Å². The van der Waals surface area contributed by atoms with Gasteiger partial charge in [0.05, 0.1) is 13.7 Å². The zero-order valence-corrected chi connectivity index (χ0v) is 18.6. The van der Waals surface area contributed by atoms with Crippen LogP contribution >= 0.6 is 15.9 Å². The standard InChI is InChI=1S/C22H28BrN3O3/c1-24(15-16-29-21-7-3-18(23)4-8-21)17-22(27)26-13-11-25(12-14-26)19-5-9-20(28-2)10-6-19/h3-10H,11-17H2,1-2H3. The van der Waals surface area contributed by atoms with Crippen LogP contribution in [0, 0.1) is 0 Å². The molecule has 0 spiro atoms. The summed E-state index contributed by atoms with van der Waals surface area (Å²) in [6.45, 7) is 4.83. The highest BCUT2D eigenvalue weighted by Crippen LogP contribution is 2.20. The smallest absolute Gasteiger partial charge is 0.236 e. The van der Waals surface area contributed by atoms with Crippen molar-refractivity contribution in [2.45, 2.75) is 0 Å². The minimum atomic E-state index is 0.172. The van der Waals surface area contributed by atoms with E-state index in [2.05, 4.69) is 33.0 Å². The fourth-order valence-electron chi connectivity index (χ4n) is 3.27. The zero-order valence-electron chi connectivity index (χ0n) is 17.0. The van der Waals surface area contributed by atoms with E-state index in [1.165, 1.54) is 5.69 Å². The average Bonchev–Trinajstić information content (AvgIpc) is 2.75. The highest BCUT2D eigenvalue weighted by Gasteiger charge is 2.22. The van der Waals surface area contributed by atoms with Crippen LogP contribution in [0.25, 0.3) is 0 Å². The van der Waals surface area contributed by atoms with Gasteiger partial charge in [-0.05, 0) is 55.6 Å². The molecule has 0 saturated carbocycles. The van der Waals surface area contributed by atoms with Crippen LogP contribution in [0.15, 0.2) is 53.0 Å². The number of carbonyl (C=O) groups is 1. The van der Waals surface area contributed by atoms with E-state index in [0.717, 1.165) is 42.2 Å². The van der Waals surface area contributed by atoms with Gasteiger partial charge in [0.1, 0.15) is 18.1 Å². The van der Waals surface area contributed by atoms with Gasteiger partial charge in [0.25, 0.3) is 0 Å². The first-order valence-electron chi connectivity index (χ1n) is 9.79. The van der Waals surface area contributed by atoms with Gasteiger partial charge in [-0.15, -0.1) is 0 Å². The third-order valence-corrected chi connectivity index (χ3v) is 5.56. The Morgan fingerprint density at radius 2 is 1.62 bits per heavy atom. The third-order valence-electron chi connectivity index (χ3n) is 5.03. The molecule has 3 rings (SSSR count). The van der Waals surface area contributed by atoms with E-state index in [9.17, 15) is 4.79 Å². The molecule has 1 fully saturated rings. The van der Waals surface area contributed by atoms with E-state index in [-0.39, 0.29) is 5.91 Å². The monoisotopic (exact) mass is 461 g/mol. The van der Waals surface area contributed by atoms with Gasteiger partial charge in [-0.25, -0.2) is 0 Å². The number of benzene rings is 2. The fourth-order valence-corrected chi connectivity index (χ4v) is 3.53. The predicted molar refractivity (Wildman–Crippen MR) is 119 cm³/mol. The Balaban J connectivity index is 1.37. The molecule has 2 aromatic carbocycles. The molecule has 1 saturated heterocycles. The Labute approximate surface area is 181 Å². The molecule has 1 heterocycles. The summed E-state index contributed by atoms with van der Waals surface area (Å²) in [5, 5.41) is 0.